The molecule has 144 valence electrons. The number of nitrogens with one attached hydrogen (secondary N) is 2. The van der Waals surface area contributed by atoms with Crippen molar-refractivity contribution in [2.24, 2.45) is 0 Å². The van der Waals surface area contributed by atoms with Crippen LogP contribution in [0.2, 0.25) is 0 Å². The van der Waals surface area contributed by atoms with Crippen molar-refractivity contribution < 1.29 is 19.0 Å². The van der Waals surface area contributed by atoms with Gasteiger partial charge in [0.25, 0.3) is 0 Å². The summed E-state index contributed by atoms with van der Waals surface area (Å²) in [5, 5.41) is 6.46. The number of anilines is 2. The smallest absolute Gasteiger partial charge is 0.340 e. The highest BCUT2D eigenvalue weighted by Gasteiger charge is 2.18. The molecule has 2 N–H and O–H groups in total. The second kappa shape index (κ2) is 9.23. The highest BCUT2D eigenvalue weighted by molar-refractivity contribution is 7.80. The normalized spacial score (nSPS) is 10.3. The summed E-state index contributed by atoms with van der Waals surface area (Å²) >= 11 is 5.38. The van der Waals surface area contributed by atoms with Gasteiger partial charge in [0.15, 0.2) is 16.6 Å². The van der Waals surface area contributed by atoms with Gasteiger partial charge < -0.3 is 24.8 Å². The van der Waals surface area contributed by atoms with Crippen molar-refractivity contribution in [3.05, 3.63) is 47.5 Å². The third-order valence-electron chi connectivity index (χ3n) is 4.01. The highest BCUT2D eigenvalue weighted by Crippen LogP contribution is 2.34. The molecule has 0 atom stereocenters. The topological polar surface area (TPSA) is 68.8 Å². The number of carbonyl (C=O) groups excluding carboxylic acids is 1. The Kier molecular flexibility index (Phi) is 7.01. The van der Waals surface area contributed by atoms with E-state index < -0.39 is 5.97 Å². The number of esters is 1. The molecule has 0 unspecified atom stereocenters. The first-order chi connectivity index (χ1) is 12.9. The lowest BCUT2D eigenvalue weighted by Gasteiger charge is -2.16. The van der Waals surface area contributed by atoms with Gasteiger partial charge in [-0.1, -0.05) is 26.0 Å². The van der Waals surface area contributed by atoms with Gasteiger partial charge in [0.2, 0.25) is 0 Å². The molecule has 27 heavy (non-hydrogen) atoms. The van der Waals surface area contributed by atoms with Crippen molar-refractivity contribution in [3.8, 4) is 11.5 Å². The number of benzene rings is 2. The van der Waals surface area contributed by atoms with Crippen LogP contribution >= 0.6 is 12.2 Å². The van der Waals surface area contributed by atoms with Gasteiger partial charge in [0.05, 0.1) is 32.6 Å². The summed E-state index contributed by atoms with van der Waals surface area (Å²) in [6, 6.07) is 11.2. The summed E-state index contributed by atoms with van der Waals surface area (Å²) in [7, 11) is 4.33. The zero-order chi connectivity index (χ0) is 20.0. The Morgan fingerprint density at radius 2 is 1.56 bits per heavy atom. The molecule has 0 saturated carbocycles. The minimum atomic E-state index is -0.512. The lowest BCUT2D eigenvalue weighted by molar-refractivity contribution is 0.0601. The lowest BCUT2D eigenvalue weighted by atomic mass is 10.0. The number of ether oxygens (including phenoxy) is 3. The maximum absolute atomic E-state index is 12.1. The molecule has 2 rings (SSSR count). The molecule has 7 heteroatoms. The molecule has 0 aliphatic carbocycles. The Labute approximate surface area is 164 Å². The van der Waals surface area contributed by atoms with E-state index in [1.807, 2.05) is 24.3 Å². The Morgan fingerprint density at radius 3 is 2.07 bits per heavy atom. The quantitative estimate of drug-likeness (QED) is 0.561. The summed E-state index contributed by atoms with van der Waals surface area (Å²) in [5.74, 6) is 0.837. The van der Waals surface area contributed by atoms with Gasteiger partial charge in [-0.25, -0.2) is 4.79 Å². The second-order valence-electron chi connectivity index (χ2n) is 6.10. The predicted molar refractivity (Wildman–Crippen MR) is 111 cm³/mol. The maximum Gasteiger partial charge on any atom is 0.340 e. The first-order valence-electron chi connectivity index (χ1n) is 8.41. The summed E-state index contributed by atoms with van der Waals surface area (Å²) in [6.45, 7) is 4.28. The van der Waals surface area contributed by atoms with E-state index in [2.05, 4.69) is 24.5 Å². The maximum atomic E-state index is 12.1. The molecule has 2 aromatic carbocycles. The molecule has 0 spiro atoms. The van der Waals surface area contributed by atoms with Crippen molar-refractivity contribution in [1.82, 2.24) is 0 Å². The van der Waals surface area contributed by atoms with Crippen molar-refractivity contribution >= 4 is 34.7 Å². The van der Waals surface area contributed by atoms with Gasteiger partial charge in [-0.3, -0.25) is 0 Å². The minimum Gasteiger partial charge on any atom is -0.493 e. The summed E-state index contributed by atoms with van der Waals surface area (Å²) < 4.78 is 15.4. The number of hydrogen-bond acceptors (Lipinski definition) is 5. The molecule has 0 aliphatic rings. The van der Waals surface area contributed by atoms with Crippen molar-refractivity contribution in [2.75, 3.05) is 32.0 Å². The second-order valence-corrected chi connectivity index (χ2v) is 6.51. The molecule has 0 bridgehead atoms. The monoisotopic (exact) mass is 388 g/mol. The van der Waals surface area contributed by atoms with Gasteiger partial charge in [-0.2, -0.15) is 0 Å². The van der Waals surface area contributed by atoms with Crippen LogP contribution in [-0.4, -0.2) is 32.4 Å². The fourth-order valence-corrected chi connectivity index (χ4v) is 2.73. The first kappa shape index (κ1) is 20.5. The molecule has 0 amide bonds. The van der Waals surface area contributed by atoms with Crippen LogP contribution in [0.3, 0.4) is 0 Å². The number of carbonyl (C=O) groups is 1. The highest BCUT2D eigenvalue weighted by atomic mass is 32.1. The minimum absolute atomic E-state index is 0.287. The van der Waals surface area contributed by atoms with Crippen molar-refractivity contribution in [2.45, 2.75) is 19.8 Å². The van der Waals surface area contributed by atoms with Crippen molar-refractivity contribution in [1.29, 1.82) is 0 Å². The largest absolute Gasteiger partial charge is 0.493 e. The molecule has 0 radical (unpaired) electrons. The Bertz CT molecular complexity index is 819. The SMILES string of the molecule is COC(=O)c1cc(OC)c(OC)cc1NC(=S)Nc1ccc(C(C)C)cc1. The predicted octanol–water partition coefficient (Wildman–Crippen LogP) is 4.42. The fraction of sp³-hybridized carbons (Fsp3) is 0.300. The molecular weight excluding hydrogens is 364 g/mol. The standard InChI is InChI=1S/C20H24N2O4S/c1-12(2)13-6-8-14(9-7-13)21-20(27)22-16-11-18(25-4)17(24-3)10-15(16)19(23)26-5/h6-12H,1-5H3,(H2,21,22,27). The van der Waals surface area contributed by atoms with E-state index in [-0.39, 0.29) is 5.56 Å². The summed E-state index contributed by atoms with van der Waals surface area (Å²) in [4.78, 5) is 12.1. The van der Waals surface area contributed by atoms with Gasteiger partial charge in [0.1, 0.15) is 0 Å². The van der Waals surface area contributed by atoms with Crippen LogP contribution in [0.5, 0.6) is 11.5 Å². The molecule has 2 aromatic rings. The Hall–Kier alpha value is -2.80. The van der Waals surface area contributed by atoms with Crippen LogP contribution < -0.4 is 20.1 Å². The number of hydrogen-bond donors (Lipinski definition) is 2. The number of thiocarbonyl (C=S) groups is 1. The van der Waals surface area contributed by atoms with E-state index in [0.29, 0.717) is 28.2 Å². The molecular formula is C20H24N2O4S. The molecule has 0 heterocycles. The van der Waals surface area contributed by atoms with E-state index >= 15 is 0 Å². The molecule has 6 nitrogen and oxygen atoms in total. The van der Waals surface area contributed by atoms with Gasteiger partial charge in [0, 0.05) is 17.8 Å². The molecule has 0 aliphatic heterocycles. The van der Waals surface area contributed by atoms with Crippen LogP contribution in [0.4, 0.5) is 11.4 Å². The van der Waals surface area contributed by atoms with E-state index in [1.165, 1.54) is 26.9 Å². The zero-order valence-corrected chi connectivity index (χ0v) is 16.9. The van der Waals surface area contributed by atoms with Crippen LogP contribution in [0, 0.1) is 0 Å². The molecule has 0 fully saturated rings. The van der Waals surface area contributed by atoms with E-state index in [0.717, 1.165) is 5.69 Å². The lowest BCUT2D eigenvalue weighted by Crippen LogP contribution is -2.21. The fourth-order valence-electron chi connectivity index (χ4n) is 2.50. The first-order valence-corrected chi connectivity index (χ1v) is 8.82. The van der Waals surface area contributed by atoms with Crippen molar-refractivity contribution in [3.63, 3.8) is 0 Å². The number of rotatable bonds is 6. The van der Waals surface area contributed by atoms with Gasteiger partial charge >= 0.3 is 5.97 Å². The van der Waals surface area contributed by atoms with Gasteiger partial charge in [-0.15, -0.1) is 0 Å². The molecule has 0 aromatic heterocycles. The average Bonchev–Trinajstić information content (AvgIpc) is 2.67. The average molecular weight is 388 g/mol. The van der Waals surface area contributed by atoms with Crippen LogP contribution in [0.25, 0.3) is 0 Å². The van der Waals surface area contributed by atoms with Crippen LogP contribution in [0.1, 0.15) is 35.7 Å². The third-order valence-corrected chi connectivity index (χ3v) is 4.22. The summed E-state index contributed by atoms with van der Waals surface area (Å²) in [5.41, 5.74) is 2.83. The Morgan fingerprint density at radius 1 is 0.963 bits per heavy atom. The number of methoxy groups -OCH3 is 3. The van der Waals surface area contributed by atoms with E-state index in [4.69, 9.17) is 26.4 Å². The van der Waals surface area contributed by atoms with Gasteiger partial charge in [-0.05, 0) is 35.8 Å². The third kappa shape index (κ3) is 5.10. The Balaban J connectivity index is 2.23. The van der Waals surface area contributed by atoms with Crippen LogP contribution in [-0.2, 0) is 4.74 Å². The zero-order valence-electron chi connectivity index (χ0n) is 16.1. The summed E-state index contributed by atoms with van der Waals surface area (Å²) in [6.07, 6.45) is 0. The van der Waals surface area contributed by atoms with E-state index in [9.17, 15) is 4.79 Å². The van der Waals surface area contributed by atoms with E-state index in [1.54, 1.807) is 12.1 Å². The molecule has 0 saturated heterocycles. The van der Waals surface area contributed by atoms with Crippen LogP contribution in [0.15, 0.2) is 36.4 Å².